The monoisotopic (exact) mass is 397 g/mol. The standard InChI is InChI=1S/C23H19N5O2/c1-14-10-16(4-3-8-24)11-15(2)21(14)30-20-7-9-25-23(28-20)27-18-6-5-17-13-26-22(29)19(17)12-18/h3-7,9-12H,13H2,1-2H3,(H,26,29)(H,25,27,28)/b4-3+. The fourth-order valence-electron chi connectivity index (χ4n) is 3.36. The van der Waals surface area contributed by atoms with E-state index in [1.165, 1.54) is 6.08 Å². The van der Waals surface area contributed by atoms with Gasteiger partial charge in [-0.05, 0) is 66.4 Å². The minimum Gasteiger partial charge on any atom is -0.438 e. The molecule has 1 aliphatic heterocycles. The first-order chi connectivity index (χ1) is 14.5. The summed E-state index contributed by atoms with van der Waals surface area (Å²) >= 11 is 0. The van der Waals surface area contributed by atoms with Crippen molar-refractivity contribution in [2.75, 3.05) is 5.32 Å². The Morgan fingerprint density at radius 3 is 2.77 bits per heavy atom. The van der Waals surface area contributed by atoms with Gasteiger partial charge in [-0.3, -0.25) is 4.79 Å². The summed E-state index contributed by atoms with van der Waals surface area (Å²) in [7, 11) is 0. The molecular formula is C23H19N5O2. The molecule has 0 saturated carbocycles. The highest BCUT2D eigenvalue weighted by Gasteiger charge is 2.19. The number of fused-ring (bicyclic) bond motifs is 1. The van der Waals surface area contributed by atoms with Crippen LogP contribution >= 0.6 is 0 Å². The third-order valence-corrected chi connectivity index (χ3v) is 4.72. The number of nitriles is 1. The molecule has 30 heavy (non-hydrogen) atoms. The van der Waals surface area contributed by atoms with Crippen LogP contribution in [0.3, 0.4) is 0 Å². The predicted molar refractivity (Wildman–Crippen MR) is 114 cm³/mol. The SMILES string of the molecule is Cc1cc(/C=C/C#N)cc(C)c1Oc1ccnc(Nc2ccc3c(c2)C(=O)NC3)n1. The average Bonchev–Trinajstić information content (AvgIpc) is 3.10. The van der Waals surface area contributed by atoms with E-state index in [4.69, 9.17) is 10.00 Å². The largest absolute Gasteiger partial charge is 0.438 e. The number of hydrogen-bond acceptors (Lipinski definition) is 6. The van der Waals surface area contributed by atoms with E-state index >= 15 is 0 Å². The van der Waals surface area contributed by atoms with Gasteiger partial charge in [0.25, 0.3) is 5.91 Å². The quantitative estimate of drug-likeness (QED) is 0.619. The van der Waals surface area contributed by atoms with Crippen molar-refractivity contribution < 1.29 is 9.53 Å². The number of rotatable bonds is 5. The summed E-state index contributed by atoms with van der Waals surface area (Å²) < 4.78 is 6.02. The van der Waals surface area contributed by atoms with Crippen LogP contribution in [-0.4, -0.2) is 15.9 Å². The first kappa shape index (κ1) is 19.2. The molecule has 3 aromatic rings. The fourth-order valence-corrected chi connectivity index (χ4v) is 3.36. The number of anilines is 2. The summed E-state index contributed by atoms with van der Waals surface area (Å²) in [6.45, 7) is 4.45. The van der Waals surface area contributed by atoms with Gasteiger partial charge in [-0.25, -0.2) is 4.98 Å². The predicted octanol–water partition coefficient (Wildman–Crippen LogP) is 4.41. The zero-order chi connectivity index (χ0) is 21.1. The van der Waals surface area contributed by atoms with Crippen LogP contribution in [0.25, 0.3) is 6.08 Å². The molecule has 0 spiro atoms. The summed E-state index contributed by atoms with van der Waals surface area (Å²) in [4.78, 5) is 20.5. The molecule has 2 aromatic carbocycles. The molecule has 2 N–H and O–H groups in total. The fraction of sp³-hybridized carbons (Fsp3) is 0.130. The number of carbonyl (C=O) groups is 1. The first-order valence-corrected chi connectivity index (χ1v) is 9.40. The zero-order valence-corrected chi connectivity index (χ0v) is 16.6. The van der Waals surface area contributed by atoms with E-state index in [1.807, 2.05) is 44.2 Å². The lowest BCUT2D eigenvalue weighted by Crippen LogP contribution is -2.12. The second kappa shape index (κ2) is 8.05. The summed E-state index contributed by atoms with van der Waals surface area (Å²) in [6, 6.07) is 13.2. The van der Waals surface area contributed by atoms with Gasteiger partial charge in [-0.15, -0.1) is 0 Å². The Morgan fingerprint density at radius 2 is 2.00 bits per heavy atom. The second-order valence-corrected chi connectivity index (χ2v) is 6.95. The average molecular weight is 397 g/mol. The van der Waals surface area contributed by atoms with Crippen LogP contribution in [0, 0.1) is 25.2 Å². The van der Waals surface area contributed by atoms with Gasteiger partial charge in [-0.2, -0.15) is 10.2 Å². The molecule has 1 amide bonds. The van der Waals surface area contributed by atoms with E-state index in [-0.39, 0.29) is 5.91 Å². The molecule has 148 valence electrons. The van der Waals surface area contributed by atoms with Crippen molar-refractivity contribution >= 4 is 23.6 Å². The number of benzene rings is 2. The Morgan fingerprint density at radius 1 is 1.20 bits per heavy atom. The third kappa shape index (κ3) is 3.98. The number of hydrogen-bond donors (Lipinski definition) is 2. The van der Waals surface area contributed by atoms with Crippen molar-refractivity contribution in [1.82, 2.24) is 15.3 Å². The van der Waals surface area contributed by atoms with Crippen LogP contribution in [0.4, 0.5) is 11.6 Å². The van der Waals surface area contributed by atoms with E-state index in [9.17, 15) is 4.79 Å². The van der Waals surface area contributed by atoms with E-state index < -0.39 is 0 Å². The van der Waals surface area contributed by atoms with Gasteiger partial charge in [0.2, 0.25) is 11.8 Å². The van der Waals surface area contributed by atoms with Crippen molar-refractivity contribution in [3.05, 3.63) is 76.5 Å². The molecule has 7 nitrogen and oxygen atoms in total. The van der Waals surface area contributed by atoms with Gasteiger partial charge in [0.1, 0.15) is 5.75 Å². The smallest absolute Gasteiger partial charge is 0.251 e. The Hall–Kier alpha value is -4.18. The Bertz CT molecular complexity index is 1190. The Balaban J connectivity index is 1.55. The molecule has 4 rings (SSSR count). The number of carbonyl (C=O) groups excluding carboxylic acids is 1. The maximum Gasteiger partial charge on any atom is 0.251 e. The van der Waals surface area contributed by atoms with E-state index in [0.29, 0.717) is 29.7 Å². The van der Waals surface area contributed by atoms with Gasteiger partial charge in [-0.1, -0.05) is 6.07 Å². The normalized spacial score (nSPS) is 12.4. The van der Waals surface area contributed by atoms with Gasteiger partial charge >= 0.3 is 0 Å². The molecule has 0 saturated heterocycles. The summed E-state index contributed by atoms with van der Waals surface area (Å²) in [6.07, 6.45) is 4.81. The van der Waals surface area contributed by atoms with Crippen molar-refractivity contribution in [3.63, 3.8) is 0 Å². The second-order valence-electron chi connectivity index (χ2n) is 6.95. The lowest BCUT2D eigenvalue weighted by Gasteiger charge is -2.13. The highest BCUT2D eigenvalue weighted by atomic mass is 16.5. The number of nitrogens with zero attached hydrogens (tertiary/aromatic N) is 3. The number of allylic oxidation sites excluding steroid dienone is 1. The van der Waals surface area contributed by atoms with E-state index in [1.54, 1.807) is 24.4 Å². The minimum atomic E-state index is -0.0781. The van der Waals surface area contributed by atoms with Gasteiger partial charge in [0, 0.05) is 36.1 Å². The van der Waals surface area contributed by atoms with Gasteiger partial charge < -0.3 is 15.4 Å². The van der Waals surface area contributed by atoms with Crippen molar-refractivity contribution in [1.29, 1.82) is 5.26 Å². The van der Waals surface area contributed by atoms with E-state index in [2.05, 4.69) is 20.6 Å². The molecular weight excluding hydrogens is 378 g/mol. The Kier molecular flexibility index (Phi) is 5.14. The zero-order valence-electron chi connectivity index (χ0n) is 16.6. The molecule has 1 aliphatic rings. The highest BCUT2D eigenvalue weighted by Crippen LogP contribution is 2.30. The Labute approximate surface area is 174 Å². The lowest BCUT2D eigenvalue weighted by atomic mass is 10.1. The molecule has 1 aromatic heterocycles. The molecule has 0 aliphatic carbocycles. The summed E-state index contributed by atoms with van der Waals surface area (Å²) in [5, 5.41) is 14.6. The molecule has 2 heterocycles. The number of amides is 1. The topological polar surface area (TPSA) is 99.9 Å². The van der Waals surface area contributed by atoms with Crippen LogP contribution in [0.5, 0.6) is 11.6 Å². The van der Waals surface area contributed by atoms with Crippen LogP contribution in [0.2, 0.25) is 0 Å². The van der Waals surface area contributed by atoms with Crippen LogP contribution in [-0.2, 0) is 6.54 Å². The molecule has 0 atom stereocenters. The van der Waals surface area contributed by atoms with Gasteiger partial charge in [0.15, 0.2) is 0 Å². The third-order valence-electron chi connectivity index (χ3n) is 4.72. The highest BCUT2D eigenvalue weighted by molar-refractivity contribution is 5.99. The summed E-state index contributed by atoms with van der Waals surface area (Å²) in [5.74, 6) is 1.40. The molecule has 0 unspecified atom stereocenters. The summed E-state index contributed by atoms with van der Waals surface area (Å²) in [5.41, 5.74) is 5.16. The number of aryl methyl sites for hydroxylation is 2. The number of aromatic nitrogens is 2. The maximum absolute atomic E-state index is 11.9. The van der Waals surface area contributed by atoms with Crippen molar-refractivity contribution in [3.8, 4) is 17.7 Å². The maximum atomic E-state index is 11.9. The lowest BCUT2D eigenvalue weighted by molar-refractivity contribution is 0.0966. The number of nitrogens with one attached hydrogen (secondary N) is 2. The van der Waals surface area contributed by atoms with Crippen LogP contribution in [0.15, 0.2) is 48.7 Å². The van der Waals surface area contributed by atoms with E-state index in [0.717, 1.165) is 27.9 Å². The van der Waals surface area contributed by atoms with Crippen LogP contribution < -0.4 is 15.4 Å². The van der Waals surface area contributed by atoms with Gasteiger partial charge in [0.05, 0.1) is 6.07 Å². The molecule has 0 bridgehead atoms. The molecule has 7 heteroatoms. The number of ether oxygens (including phenoxy) is 1. The molecule has 0 fully saturated rings. The van der Waals surface area contributed by atoms with Crippen molar-refractivity contribution in [2.24, 2.45) is 0 Å². The van der Waals surface area contributed by atoms with Crippen molar-refractivity contribution in [2.45, 2.75) is 20.4 Å². The minimum absolute atomic E-state index is 0.0781. The van der Waals surface area contributed by atoms with Crippen LogP contribution in [0.1, 0.15) is 32.6 Å². The first-order valence-electron chi connectivity index (χ1n) is 9.40. The molecule has 0 radical (unpaired) electrons.